The second-order valence-corrected chi connectivity index (χ2v) is 4.66. The summed E-state index contributed by atoms with van der Waals surface area (Å²) in [6, 6.07) is 0. The van der Waals surface area contributed by atoms with Crippen LogP contribution in [0, 0.1) is 0 Å². The Labute approximate surface area is 86.7 Å². The monoisotopic (exact) mass is 282 g/mol. The quantitative estimate of drug-likeness (QED) is 0.510. The fraction of sp³-hybridized carbons (Fsp3) is 0.778. The van der Waals surface area contributed by atoms with Crippen molar-refractivity contribution in [3.8, 4) is 0 Å². The Bertz CT molecular complexity index is 119. The van der Waals surface area contributed by atoms with Gasteiger partial charge in [-0.2, -0.15) is 0 Å². The Morgan fingerprint density at radius 3 is 2.55 bits per heavy atom. The Morgan fingerprint density at radius 2 is 2.09 bits per heavy atom. The molecule has 0 aromatic heterocycles. The first-order valence-corrected chi connectivity index (χ1v) is 5.89. The predicted octanol–water partition coefficient (Wildman–Crippen LogP) is 4.63. The first kappa shape index (κ1) is 11.7. The second-order valence-electron chi connectivity index (χ2n) is 2.64. The summed E-state index contributed by atoms with van der Waals surface area (Å²) in [5.74, 6) is 0. The second kappa shape index (κ2) is 7.35. The van der Waals surface area contributed by atoms with Crippen molar-refractivity contribution in [1.82, 2.24) is 0 Å². The average Bonchev–Trinajstić information content (AvgIpc) is 2.03. The minimum atomic E-state index is 0.527. The highest BCUT2D eigenvalue weighted by Crippen LogP contribution is 2.23. The van der Waals surface area contributed by atoms with E-state index in [9.17, 15) is 0 Å². The van der Waals surface area contributed by atoms with Crippen LogP contribution in [-0.4, -0.2) is 4.83 Å². The molecule has 1 atom stereocenters. The van der Waals surface area contributed by atoms with Crippen LogP contribution in [0.4, 0.5) is 0 Å². The summed E-state index contributed by atoms with van der Waals surface area (Å²) >= 11 is 7.13. The molecule has 0 heterocycles. The maximum absolute atomic E-state index is 3.62. The van der Waals surface area contributed by atoms with Gasteiger partial charge in [-0.1, -0.05) is 64.1 Å². The summed E-state index contributed by atoms with van der Waals surface area (Å²) in [6.45, 7) is 4.28. The molecular formula is C9H16Br2. The molecule has 0 spiro atoms. The third-order valence-electron chi connectivity index (χ3n) is 1.64. The molecule has 1 unspecified atom stereocenters. The maximum Gasteiger partial charge on any atom is 0.0458 e. The molecule has 0 radical (unpaired) electrons. The fourth-order valence-corrected chi connectivity index (χ4v) is 1.71. The molecule has 11 heavy (non-hydrogen) atoms. The molecule has 0 fully saturated rings. The van der Waals surface area contributed by atoms with Crippen LogP contribution in [0.25, 0.3) is 0 Å². The number of allylic oxidation sites excluding steroid dienone is 2. The summed E-state index contributed by atoms with van der Waals surface area (Å²) in [7, 11) is 0. The summed E-state index contributed by atoms with van der Waals surface area (Å²) < 4.78 is 1.27. The van der Waals surface area contributed by atoms with E-state index in [1.54, 1.807) is 0 Å². The minimum Gasteiger partial charge on any atom is -0.0833 e. The molecule has 0 aliphatic heterocycles. The van der Waals surface area contributed by atoms with Gasteiger partial charge in [-0.3, -0.25) is 0 Å². The van der Waals surface area contributed by atoms with Gasteiger partial charge in [0, 0.05) is 9.31 Å². The van der Waals surface area contributed by atoms with Crippen molar-refractivity contribution in [2.24, 2.45) is 0 Å². The summed E-state index contributed by atoms with van der Waals surface area (Å²) in [5, 5.41) is 0. The number of alkyl halides is 1. The molecule has 66 valence electrons. The Hall–Kier alpha value is 0.700. The average molecular weight is 284 g/mol. The van der Waals surface area contributed by atoms with Gasteiger partial charge in [0.1, 0.15) is 0 Å². The first-order valence-electron chi connectivity index (χ1n) is 4.18. The van der Waals surface area contributed by atoms with Crippen molar-refractivity contribution in [3.05, 3.63) is 10.6 Å². The van der Waals surface area contributed by atoms with E-state index >= 15 is 0 Å². The SMILES string of the molecule is CC=C(Br)C(Br)CCCCC. The van der Waals surface area contributed by atoms with E-state index in [0.29, 0.717) is 4.83 Å². The van der Waals surface area contributed by atoms with Crippen LogP contribution in [0.2, 0.25) is 0 Å². The van der Waals surface area contributed by atoms with E-state index in [2.05, 4.69) is 51.8 Å². The Kier molecular flexibility index (Phi) is 7.82. The van der Waals surface area contributed by atoms with Gasteiger partial charge in [0.05, 0.1) is 0 Å². The maximum atomic E-state index is 3.62. The van der Waals surface area contributed by atoms with E-state index in [0.717, 1.165) is 0 Å². The molecule has 0 rings (SSSR count). The van der Waals surface area contributed by atoms with Crippen LogP contribution in [0.5, 0.6) is 0 Å². The smallest absolute Gasteiger partial charge is 0.0458 e. The van der Waals surface area contributed by atoms with Gasteiger partial charge in [-0.25, -0.2) is 0 Å². The first-order chi connectivity index (χ1) is 5.22. The molecule has 0 aliphatic carbocycles. The molecule has 0 aromatic carbocycles. The van der Waals surface area contributed by atoms with Crippen molar-refractivity contribution in [2.75, 3.05) is 0 Å². The van der Waals surface area contributed by atoms with E-state index in [1.807, 2.05) is 0 Å². The molecule has 0 aliphatic rings. The lowest BCUT2D eigenvalue weighted by Gasteiger charge is -2.07. The predicted molar refractivity (Wildman–Crippen MR) is 59.5 cm³/mol. The third-order valence-corrected chi connectivity index (χ3v) is 4.21. The molecule has 0 N–H and O–H groups in total. The molecule has 0 aromatic rings. The highest BCUT2D eigenvalue weighted by Gasteiger charge is 2.05. The molecule has 0 saturated heterocycles. The summed E-state index contributed by atoms with van der Waals surface area (Å²) in [6.07, 6.45) is 7.29. The van der Waals surface area contributed by atoms with E-state index < -0.39 is 0 Å². The lowest BCUT2D eigenvalue weighted by atomic mass is 10.1. The number of unbranched alkanes of at least 4 members (excludes halogenated alkanes) is 2. The van der Waals surface area contributed by atoms with Crippen molar-refractivity contribution < 1.29 is 0 Å². The van der Waals surface area contributed by atoms with Crippen LogP contribution < -0.4 is 0 Å². The van der Waals surface area contributed by atoms with Crippen molar-refractivity contribution in [1.29, 1.82) is 0 Å². The number of hydrogen-bond donors (Lipinski definition) is 0. The fourth-order valence-electron chi connectivity index (χ4n) is 0.892. The number of hydrogen-bond acceptors (Lipinski definition) is 0. The van der Waals surface area contributed by atoms with Gasteiger partial charge >= 0.3 is 0 Å². The molecule has 0 bridgehead atoms. The van der Waals surface area contributed by atoms with Crippen molar-refractivity contribution in [3.63, 3.8) is 0 Å². The molecule has 2 heteroatoms. The molecule has 0 nitrogen and oxygen atoms in total. The largest absolute Gasteiger partial charge is 0.0833 e. The van der Waals surface area contributed by atoms with Gasteiger partial charge in [0.25, 0.3) is 0 Å². The van der Waals surface area contributed by atoms with Crippen LogP contribution in [0.1, 0.15) is 39.5 Å². The van der Waals surface area contributed by atoms with Gasteiger partial charge in [-0.15, -0.1) is 0 Å². The highest BCUT2D eigenvalue weighted by atomic mass is 79.9. The van der Waals surface area contributed by atoms with Crippen LogP contribution in [0.3, 0.4) is 0 Å². The minimum absolute atomic E-state index is 0.527. The topological polar surface area (TPSA) is 0 Å². The third kappa shape index (κ3) is 5.92. The molecular weight excluding hydrogens is 268 g/mol. The zero-order valence-electron chi connectivity index (χ0n) is 7.24. The van der Waals surface area contributed by atoms with Gasteiger partial charge in [0.2, 0.25) is 0 Å². The zero-order chi connectivity index (χ0) is 8.69. The summed E-state index contributed by atoms with van der Waals surface area (Å²) in [5.41, 5.74) is 0. The van der Waals surface area contributed by atoms with Crippen LogP contribution >= 0.6 is 31.9 Å². The number of halogens is 2. The van der Waals surface area contributed by atoms with E-state index in [4.69, 9.17) is 0 Å². The Morgan fingerprint density at radius 1 is 1.45 bits per heavy atom. The lowest BCUT2D eigenvalue weighted by Crippen LogP contribution is -1.96. The lowest BCUT2D eigenvalue weighted by molar-refractivity contribution is 0.682. The van der Waals surface area contributed by atoms with Crippen molar-refractivity contribution >= 4 is 31.9 Å². The van der Waals surface area contributed by atoms with E-state index in [1.165, 1.54) is 30.2 Å². The number of rotatable bonds is 5. The highest BCUT2D eigenvalue weighted by molar-refractivity contribution is 9.14. The molecule has 0 amide bonds. The van der Waals surface area contributed by atoms with E-state index in [-0.39, 0.29) is 0 Å². The molecule has 0 saturated carbocycles. The normalized spacial score (nSPS) is 15.1. The zero-order valence-corrected chi connectivity index (χ0v) is 10.4. The van der Waals surface area contributed by atoms with Crippen LogP contribution in [-0.2, 0) is 0 Å². The van der Waals surface area contributed by atoms with Gasteiger partial charge in [-0.05, 0) is 13.3 Å². The standard InChI is InChI=1S/C9H16Br2/c1-3-5-6-7-9(11)8(10)4-2/h4,9H,3,5-7H2,1-2H3. The Balaban J connectivity index is 3.44. The van der Waals surface area contributed by atoms with Gasteiger partial charge in [0.15, 0.2) is 0 Å². The van der Waals surface area contributed by atoms with Crippen molar-refractivity contribution in [2.45, 2.75) is 44.4 Å². The van der Waals surface area contributed by atoms with Gasteiger partial charge < -0.3 is 0 Å². The summed E-state index contributed by atoms with van der Waals surface area (Å²) in [4.78, 5) is 0.527. The van der Waals surface area contributed by atoms with Crippen LogP contribution in [0.15, 0.2) is 10.6 Å².